The number of nitrogens with one attached hydrogen (secondary N) is 1. The minimum absolute atomic E-state index is 0.0123. The molecule has 1 amide bonds. The van der Waals surface area contributed by atoms with Crippen LogP contribution < -0.4 is 10.1 Å². The van der Waals surface area contributed by atoms with Gasteiger partial charge in [0.1, 0.15) is 21.9 Å². The van der Waals surface area contributed by atoms with Crippen LogP contribution in [0.4, 0.5) is 0 Å². The van der Waals surface area contributed by atoms with E-state index in [4.69, 9.17) is 4.74 Å². The Hall–Kier alpha value is -2.12. The second-order valence-corrected chi connectivity index (χ2v) is 8.49. The first-order valence-corrected chi connectivity index (χ1v) is 10.8. The topological polar surface area (TPSA) is 64.1 Å². The summed E-state index contributed by atoms with van der Waals surface area (Å²) >= 11 is 3.27. The van der Waals surface area contributed by atoms with Crippen molar-refractivity contribution in [2.45, 2.75) is 37.3 Å². The fourth-order valence-corrected chi connectivity index (χ4v) is 5.55. The first kappa shape index (κ1) is 18.3. The summed E-state index contributed by atoms with van der Waals surface area (Å²) in [5.74, 6) is 1.11. The van der Waals surface area contributed by atoms with Crippen LogP contribution in [-0.2, 0) is 24.2 Å². The van der Waals surface area contributed by atoms with Gasteiger partial charge in [0.25, 0.3) is 0 Å². The van der Waals surface area contributed by atoms with Crippen LogP contribution in [-0.4, -0.2) is 28.7 Å². The van der Waals surface area contributed by atoms with Crippen molar-refractivity contribution >= 4 is 39.2 Å². The predicted molar refractivity (Wildman–Crippen MR) is 110 cm³/mol. The van der Waals surface area contributed by atoms with E-state index in [9.17, 15) is 4.79 Å². The molecule has 1 N–H and O–H groups in total. The van der Waals surface area contributed by atoms with Crippen molar-refractivity contribution in [1.82, 2.24) is 15.3 Å². The number of fused-ring (bicyclic) bond motifs is 3. The number of hydrogen-bond donors (Lipinski definition) is 1. The van der Waals surface area contributed by atoms with E-state index < -0.39 is 0 Å². The first-order chi connectivity index (χ1) is 13.3. The molecule has 0 radical (unpaired) electrons. The minimum atomic E-state index is -0.0123. The lowest BCUT2D eigenvalue weighted by molar-refractivity contribution is -0.118. The second-order valence-electron chi connectivity index (χ2n) is 6.45. The molecule has 0 aliphatic heterocycles. The summed E-state index contributed by atoms with van der Waals surface area (Å²) in [7, 11) is 1.64. The molecule has 2 heterocycles. The third-order valence-electron chi connectivity index (χ3n) is 4.73. The third kappa shape index (κ3) is 3.94. The Morgan fingerprint density at radius 2 is 2.11 bits per heavy atom. The number of aromatic nitrogens is 2. The maximum Gasteiger partial charge on any atom is 0.230 e. The van der Waals surface area contributed by atoms with Crippen LogP contribution in [0.5, 0.6) is 5.75 Å². The number of methoxy groups -OCH3 is 1. The number of aryl methyl sites for hydroxylation is 2. The Kier molecular flexibility index (Phi) is 5.59. The highest BCUT2D eigenvalue weighted by Crippen LogP contribution is 2.39. The average molecular weight is 400 g/mol. The average Bonchev–Trinajstić information content (AvgIpc) is 3.10. The molecule has 140 valence electrons. The van der Waals surface area contributed by atoms with E-state index in [2.05, 4.69) is 15.3 Å². The summed E-state index contributed by atoms with van der Waals surface area (Å²) in [5.41, 5.74) is 2.37. The summed E-state index contributed by atoms with van der Waals surface area (Å²) in [6, 6.07) is 7.71. The van der Waals surface area contributed by atoms with Crippen molar-refractivity contribution in [2.24, 2.45) is 0 Å². The van der Waals surface area contributed by atoms with Crippen molar-refractivity contribution in [3.8, 4) is 5.75 Å². The zero-order chi connectivity index (χ0) is 18.6. The molecule has 1 aromatic carbocycles. The van der Waals surface area contributed by atoms with Crippen LogP contribution in [0, 0.1) is 0 Å². The highest BCUT2D eigenvalue weighted by Gasteiger charge is 2.20. The molecular weight excluding hydrogens is 378 g/mol. The molecule has 27 heavy (non-hydrogen) atoms. The van der Waals surface area contributed by atoms with Crippen LogP contribution in [0.15, 0.2) is 35.6 Å². The highest BCUT2D eigenvalue weighted by atomic mass is 32.2. The Morgan fingerprint density at radius 3 is 3.00 bits per heavy atom. The van der Waals surface area contributed by atoms with E-state index in [0.717, 1.165) is 34.0 Å². The lowest BCUT2D eigenvalue weighted by Crippen LogP contribution is -2.24. The van der Waals surface area contributed by atoms with Crippen LogP contribution in [0.3, 0.4) is 0 Å². The monoisotopic (exact) mass is 399 g/mol. The van der Waals surface area contributed by atoms with Gasteiger partial charge in [0.2, 0.25) is 5.91 Å². The first-order valence-electron chi connectivity index (χ1n) is 9.03. The Balaban J connectivity index is 1.43. The summed E-state index contributed by atoms with van der Waals surface area (Å²) in [6.07, 6.45) is 6.31. The number of benzene rings is 1. The molecule has 1 aliphatic rings. The molecule has 0 spiro atoms. The van der Waals surface area contributed by atoms with Crippen molar-refractivity contribution in [2.75, 3.05) is 12.9 Å². The van der Waals surface area contributed by atoms with Gasteiger partial charge < -0.3 is 10.1 Å². The van der Waals surface area contributed by atoms with Gasteiger partial charge in [-0.05, 0) is 37.3 Å². The maximum absolute atomic E-state index is 12.3. The Morgan fingerprint density at radius 1 is 1.26 bits per heavy atom. The Bertz CT molecular complexity index is 971. The van der Waals surface area contributed by atoms with E-state index in [1.54, 1.807) is 24.8 Å². The van der Waals surface area contributed by atoms with Crippen LogP contribution >= 0.6 is 23.1 Å². The number of nitrogens with zero attached hydrogens (tertiary/aromatic N) is 2. The molecule has 4 rings (SSSR count). The summed E-state index contributed by atoms with van der Waals surface area (Å²) in [4.78, 5) is 23.7. The van der Waals surface area contributed by atoms with Gasteiger partial charge in [-0.3, -0.25) is 4.79 Å². The van der Waals surface area contributed by atoms with Gasteiger partial charge in [-0.1, -0.05) is 30.0 Å². The zero-order valence-corrected chi connectivity index (χ0v) is 16.8. The quantitative estimate of drug-likeness (QED) is 0.502. The predicted octanol–water partition coefficient (Wildman–Crippen LogP) is 3.99. The Labute approximate surface area is 166 Å². The number of ether oxygens (including phenoxy) is 1. The molecule has 2 aromatic heterocycles. The number of para-hydroxylation sites is 1. The second kappa shape index (κ2) is 8.27. The molecule has 3 aromatic rings. The highest BCUT2D eigenvalue weighted by molar-refractivity contribution is 8.00. The number of thiophene rings is 1. The SMILES string of the molecule is COc1ccccc1CNC(=O)CSc1ncnc2sc3c(c12)CCCC3. The van der Waals surface area contributed by atoms with Gasteiger partial charge in [0, 0.05) is 22.4 Å². The third-order valence-corrected chi connectivity index (χ3v) is 6.91. The fourth-order valence-electron chi connectivity index (χ4n) is 3.40. The molecule has 7 heteroatoms. The van der Waals surface area contributed by atoms with Gasteiger partial charge in [0.05, 0.1) is 12.9 Å². The number of thioether (sulfide) groups is 1. The van der Waals surface area contributed by atoms with E-state index in [-0.39, 0.29) is 5.91 Å². The number of carbonyl (C=O) groups is 1. The van der Waals surface area contributed by atoms with E-state index in [1.165, 1.54) is 40.4 Å². The summed E-state index contributed by atoms with van der Waals surface area (Å²) < 4.78 is 5.33. The van der Waals surface area contributed by atoms with Gasteiger partial charge in [-0.2, -0.15) is 0 Å². The molecular formula is C20H21N3O2S2. The zero-order valence-electron chi connectivity index (χ0n) is 15.2. The summed E-state index contributed by atoms with van der Waals surface area (Å²) in [5, 5.41) is 5.06. The smallest absolute Gasteiger partial charge is 0.230 e. The van der Waals surface area contributed by atoms with Gasteiger partial charge >= 0.3 is 0 Å². The lowest BCUT2D eigenvalue weighted by Gasteiger charge is -2.11. The molecule has 0 fully saturated rings. The van der Waals surface area contributed by atoms with E-state index in [0.29, 0.717) is 12.3 Å². The van der Waals surface area contributed by atoms with Crippen LogP contribution in [0.2, 0.25) is 0 Å². The summed E-state index contributed by atoms with van der Waals surface area (Å²) in [6.45, 7) is 0.455. The van der Waals surface area contributed by atoms with Crippen LogP contribution in [0.25, 0.3) is 10.2 Å². The van der Waals surface area contributed by atoms with Crippen LogP contribution in [0.1, 0.15) is 28.8 Å². The molecule has 0 saturated heterocycles. The van der Waals surface area contributed by atoms with Crippen molar-refractivity contribution < 1.29 is 9.53 Å². The number of hydrogen-bond acceptors (Lipinski definition) is 6. The van der Waals surface area contributed by atoms with Gasteiger partial charge in [-0.15, -0.1) is 11.3 Å². The standard InChI is InChI=1S/C20H21N3O2S2/c1-25-15-8-4-2-6-13(15)10-21-17(24)11-26-19-18-14-7-3-5-9-16(14)27-20(18)23-12-22-19/h2,4,6,8,12H,3,5,7,9-11H2,1H3,(H,21,24). The van der Waals surface area contributed by atoms with Gasteiger partial charge in [-0.25, -0.2) is 9.97 Å². The normalized spacial score (nSPS) is 13.4. The van der Waals surface area contributed by atoms with Crippen molar-refractivity contribution in [1.29, 1.82) is 0 Å². The molecule has 5 nitrogen and oxygen atoms in total. The van der Waals surface area contributed by atoms with Crippen molar-refractivity contribution in [3.63, 3.8) is 0 Å². The van der Waals surface area contributed by atoms with E-state index in [1.807, 2.05) is 24.3 Å². The molecule has 0 saturated carbocycles. The van der Waals surface area contributed by atoms with Gasteiger partial charge in [0.15, 0.2) is 0 Å². The minimum Gasteiger partial charge on any atom is -0.496 e. The molecule has 1 aliphatic carbocycles. The number of carbonyl (C=O) groups excluding carboxylic acids is 1. The van der Waals surface area contributed by atoms with Crippen molar-refractivity contribution in [3.05, 3.63) is 46.6 Å². The number of rotatable bonds is 6. The molecule has 0 atom stereocenters. The maximum atomic E-state index is 12.3. The van der Waals surface area contributed by atoms with E-state index >= 15 is 0 Å². The molecule has 0 unspecified atom stereocenters. The molecule has 0 bridgehead atoms. The lowest BCUT2D eigenvalue weighted by atomic mass is 9.97. The fraction of sp³-hybridized carbons (Fsp3) is 0.350. The largest absolute Gasteiger partial charge is 0.496 e. The number of amides is 1.